The summed E-state index contributed by atoms with van der Waals surface area (Å²) >= 11 is 0. The van der Waals surface area contributed by atoms with E-state index in [9.17, 15) is 13.6 Å². The number of ether oxygens (including phenoxy) is 2. The minimum atomic E-state index is -2.58. The standard InChI is InChI=1S/C19H30F2N2O3/c1-15(8-10-22-17(24)26-18(3,4)5)6-7-16(2)25-13-12-23-11-9-19(20,21)14-23/h6-7H,1-2,8-14H2,3-5H3,(H,22,24)/b7-6-. The van der Waals surface area contributed by atoms with Crippen LogP contribution in [0.1, 0.15) is 33.6 Å². The SMILES string of the molecule is C=C(/C=C\C(=C)OCCN1CCC(F)(F)C1)CCNC(=O)OC(C)(C)C. The fourth-order valence-electron chi connectivity index (χ4n) is 2.29. The predicted octanol–water partition coefficient (Wildman–Crippen LogP) is 3.88. The van der Waals surface area contributed by atoms with Crippen LogP contribution in [0, 0.1) is 0 Å². The highest BCUT2D eigenvalue weighted by Crippen LogP contribution is 2.26. The van der Waals surface area contributed by atoms with Crippen molar-refractivity contribution in [1.82, 2.24) is 10.2 Å². The third-order valence-electron chi connectivity index (χ3n) is 3.56. The lowest BCUT2D eigenvalue weighted by Crippen LogP contribution is -2.33. The van der Waals surface area contributed by atoms with Crippen LogP contribution in [0.15, 0.2) is 36.6 Å². The first-order valence-corrected chi connectivity index (χ1v) is 8.71. The van der Waals surface area contributed by atoms with E-state index in [-0.39, 0.29) is 13.0 Å². The lowest BCUT2D eigenvalue weighted by atomic mass is 10.2. The number of nitrogens with one attached hydrogen (secondary N) is 1. The number of carbonyl (C=O) groups is 1. The van der Waals surface area contributed by atoms with Crippen LogP contribution in [-0.2, 0) is 9.47 Å². The molecule has 0 aromatic rings. The summed E-state index contributed by atoms with van der Waals surface area (Å²) in [4.78, 5) is 13.2. The molecule has 0 spiro atoms. The van der Waals surface area contributed by atoms with Gasteiger partial charge in [0.2, 0.25) is 0 Å². The van der Waals surface area contributed by atoms with Crippen molar-refractivity contribution in [1.29, 1.82) is 0 Å². The fourth-order valence-corrected chi connectivity index (χ4v) is 2.29. The Balaban J connectivity index is 2.14. The van der Waals surface area contributed by atoms with Crippen LogP contribution in [0.5, 0.6) is 0 Å². The molecule has 1 aliphatic rings. The van der Waals surface area contributed by atoms with E-state index < -0.39 is 17.6 Å². The lowest BCUT2D eigenvalue weighted by Gasteiger charge is -2.19. The molecule has 0 atom stereocenters. The molecule has 0 aromatic heterocycles. The Morgan fingerprint density at radius 2 is 2.00 bits per heavy atom. The molecule has 0 aromatic carbocycles. The highest BCUT2D eigenvalue weighted by atomic mass is 19.3. The van der Waals surface area contributed by atoms with Crippen molar-refractivity contribution in [2.24, 2.45) is 0 Å². The van der Waals surface area contributed by atoms with Gasteiger partial charge in [0, 0.05) is 26.1 Å². The second-order valence-corrected chi connectivity index (χ2v) is 7.37. The molecule has 1 amide bonds. The van der Waals surface area contributed by atoms with Gasteiger partial charge >= 0.3 is 6.09 Å². The molecule has 7 heteroatoms. The number of nitrogens with zero attached hydrogens (tertiary/aromatic N) is 1. The average molecular weight is 372 g/mol. The molecule has 5 nitrogen and oxygen atoms in total. The maximum atomic E-state index is 13.1. The zero-order chi connectivity index (χ0) is 19.8. The number of carbonyl (C=O) groups excluding carboxylic acids is 1. The van der Waals surface area contributed by atoms with E-state index >= 15 is 0 Å². The summed E-state index contributed by atoms with van der Waals surface area (Å²) in [7, 11) is 0. The fraction of sp³-hybridized carbons (Fsp3) is 0.632. The Kier molecular flexibility index (Phi) is 8.27. The van der Waals surface area contributed by atoms with E-state index in [1.54, 1.807) is 37.8 Å². The highest BCUT2D eigenvalue weighted by Gasteiger charge is 2.37. The van der Waals surface area contributed by atoms with Crippen LogP contribution in [0.2, 0.25) is 0 Å². The zero-order valence-corrected chi connectivity index (χ0v) is 15.9. The molecular weight excluding hydrogens is 342 g/mol. The van der Waals surface area contributed by atoms with Crippen molar-refractivity contribution in [3.8, 4) is 0 Å². The first-order chi connectivity index (χ1) is 12.0. The van der Waals surface area contributed by atoms with E-state index in [4.69, 9.17) is 9.47 Å². The van der Waals surface area contributed by atoms with Gasteiger partial charge in [-0.25, -0.2) is 13.6 Å². The zero-order valence-electron chi connectivity index (χ0n) is 15.9. The maximum Gasteiger partial charge on any atom is 0.407 e. The highest BCUT2D eigenvalue weighted by molar-refractivity contribution is 5.67. The molecule has 0 aliphatic carbocycles. The normalized spacial score (nSPS) is 17.3. The smallest absolute Gasteiger partial charge is 0.407 e. The number of halogens is 2. The van der Waals surface area contributed by atoms with Crippen LogP contribution in [0.3, 0.4) is 0 Å². The summed E-state index contributed by atoms with van der Waals surface area (Å²) in [5.74, 6) is -2.14. The maximum absolute atomic E-state index is 13.1. The van der Waals surface area contributed by atoms with Gasteiger partial charge in [0.05, 0.1) is 6.54 Å². The third kappa shape index (κ3) is 10.2. The predicted molar refractivity (Wildman–Crippen MR) is 98.2 cm³/mol. The van der Waals surface area contributed by atoms with Gasteiger partial charge in [0.1, 0.15) is 18.0 Å². The largest absolute Gasteiger partial charge is 0.493 e. The number of likely N-dealkylation sites (tertiary alicyclic amines) is 1. The van der Waals surface area contributed by atoms with Gasteiger partial charge in [-0.05, 0) is 33.3 Å². The van der Waals surface area contributed by atoms with Crippen molar-refractivity contribution in [2.45, 2.75) is 45.1 Å². The quantitative estimate of drug-likeness (QED) is 0.493. The Morgan fingerprint density at radius 3 is 2.58 bits per heavy atom. The van der Waals surface area contributed by atoms with Gasteiger partial charge in [-0.2, -0.15) is 0 Å². The Morgan fingerprint density at radius 1 is 1.31 bits per heavy atom. The van der Waals surface area contributed by atoms with Crippen LogP contribution in [-0.4, -0.2) is 55.3 Å². The summed E-state index contributed by atoms with van der Waals surface area (Å²) in [5.41, 5.74) is 0.270. The van der Waals surface area contributed by atoms with E-state index in [0.717, 1.165) is 5.57 Å². The Labute approximate surface area is 154 Å². The van der Waals surface area contributed by atoms with Gasteiger partial charge < -0.3 is 14.8 Å². The second-order valence-electron chi connectivity index (χ2n) is 7.37. The van der Waals surface area contributed by atoms with Gasteiger partial charge in [0.25, 0.3) is 5.92 Å². The van der Waals surface area contributed by atoms with Crippen LogP contribution >= 0.6 is 0 Å². The van der Waals surface area contributed by atoms with Gasteiger partial charge in [-0.3, -0.25) is 4.90 Å². The number of hydrogen-bond acceptors (Lipinski definition) is 4. The van der Waals surface area contributed by atoms with Crippen molar-refractivity contribution in [3.63, 3.8) is 0 Å². The van der Waals surface area contributed by atoms with Crippen LogP contribution in [0.4, 0.5) is 13.6 Å². The average Bonchev–Trinajstić information content (AvgIpc) is 2.82. The van der Waals surface area contributed by atoms with Crippen LogP contribution < -0.4 is 5.32 Å². The summed E-state index contributed by atoms with van der Waals surface area (Å²) in [6.07, 6.45) is 3.43. The van der Waals surface area contributed by atoms with Crippen molar-refractivity contribution in [2.75, 3.05) is 32.8 Å². The molecule has 1 N–H and O–H groups in total. The first kappa shape index (κ1) is 22.2. The topological polar surface area (TPSA) is 50.8 Å². The Hall–Kier alpha value is -1.89. The number of alkyl halides is 2. The lowest BCUT2D eigenvalue weighted by molar-refractivity contribution is 0.0105. The molecule has 1 rings (SSSR count). The molecule has 0 unspecified atom stereocenters. The Bertz CT molecular complexity index is 539. The number of alkyl carbamates (subject to hydrolysis) is 1. The summed E-state index contributed by atoms with van der Waals surface area (Å²) in [6, 6.07) is 0. The number of rotatable bonds is 9. The summed E-state index contributed by atoms with van der Waals surface area (Å²) < 4.78 is 36.7. The van der Waals surface area contributed by atoms with Crippen LogP contribution in [0.25, 0.3) is 0 Å². The molecule has 148 valence electrons. The van der Waals surface area contributed by atoms with Crippen molar-refractivity contribution in [3.05, 3.63) is 36.6 Å². The molecular formula is C19H30F2N2O3. The minimum absolute atomic E-state index is 0.0923. The number of amides is 1. The van der Waals surface area contributed by atoms with Gasteiger partial charge in [-0.15, -0.1) is 0 Å². The van der Waals surface area contributed by atoms with E-state index in [1.165, 1.54) is 0 Å². The monoisotopic (exact) mass is 372 g/mol. The molecule has 26 heavy (non-hydrogen) atoms. The molecule has 1 heterocycles. The van der Waals surface area contributed by atoms with Gasteiger partial charge in [-0.1, -0.05) is 24.8 Å². The molecule has 1 aliphatic heterocycles. The summed E-state index contributed by atoms with van der Waals surface area (Å²) in [5, 5.41) is 2.65. The summed E-state index contributed by atoms with van der Waals surface area (Å²) in [6.45, 7) is 14.4. The van der Waals surface area contributed by atoms with E-state index in [1.807, 2.05) is 0 Å². The van der Waals surface area contributed by atoms with E-state index in [0.29, 0.717) is 38.4 Å². The molecule has 0 bridgehead atoms. The van der Waals surface area contributed by atoms with Crippen molar-refractivity contribution < 1.29 is 23.0 Å². The molecule has 0 radical (unpaired) electrons. The second kappa shape index (κ2) is 9.71. The van der Waals surface area contributed by atoms with Crippen molar-refractivity contribution >= 4 is 6.09 Å². The van der Waals surface area contributed by atoms with E-state index in [2.05, 4.69) is 18.5 Å². The number of hydrogen-bond donors (Lipinski definition) is 1. The molecule has 0 saturated carbocycles. The first-order valence-electron chi connectivity index (χ1n) is 8.71. The minimum Gasteiger partial charge on any atom is -0.493 e. The molecule has 1 fully saturated rings. The number of allylic oxidation sites excluding steroid dienone is 2. The third-order valence-corrected chi connectivity index (χ3v) is 3.56. The molecule has 1 saturated heterocycles. The van der Waals surface area contributed by atoms with Gasteiger partial charge in [0.15, 0.2) is 0 Å².